The number of benzene rings is 1. The van der Waals surface area contributed by atoms with Gasteiger partial charge >= 0.3 is 0 Å². The lowest BCUT2D eigenvalue weighted by Crippen LogP contribution is -2.57. The summed E-state index contributed by atoms with van der Waals surface area (Å²) in [6, 6.07) is 4.93. The molecule has 1 aromatic carbocycles. The van der Waals surface area contributed by atoms with E-state index in [-0.39, 0.29) is 11.7 Å². The summed E-state index contributed by atoms with van der Waals surface area (Å²) in [5, 5.41) is 15.5. The summed E-state index contributed by atoms with van der Waals surface area (Å²) < 4.78 is 0. The normalized spacial score (nSPS) is 21.2. The monoisotopic (exact) mass is 204 g/mol. The lowest BCUT2D eigenvalue weighted by atomic mass is 9.74. The van der Waals surface area contributed by atoms with Crippen molar-refractivity contribution in [2.75, 3.05) is 10.6 Å². The van der Waals surface area contributed by atoms with Gasteiger partial charge < -0.3 is 15.7 Å². The Bertz CT molecular complexity index is 438. The van der Waals surface area contributed by atoms with Gasteiger partial charge in [-0.15, -0.1) is 0 Å². The smallest absolute Gasteiger partial charge is 0.250 e. The molecule has 1 heterocycles. The maximum atomic E-state index is 11.8. The zero-order valence-corrected chi connectivity index (χ0v) is 8.21. The van der Waals surface area contributed by atoms with E-state index in [1.54, 1.807) is 18.2 Å². The third kappa shape index (κ3) is 1.11. The predicted molar refractivity (Wildman–Crippen MR) is 56.9 cm³/mol. The number of hydrogen-bond acceptors (Lipinski definition) is 3. The summed E-state index contributed by atoms with van der Waals surface area (Å²) in [7, 11) is 0. The number of nitrogens with one attached hydrogen (secondary N) is 2. The van der Waals surface area contributed by atoms with Crippen LogP contribution in [0.1, 0.15) is 19.3 Å². The van der Waals surface area contributed by atoms with Crippen LogP contribution in [0.5, 0.6) is 5.75 Å². The largest absolute Gasteiger partial charge is 0.508 e. The minimum absolute atomic E-state index is 0.0481. The van der Waals surface area contributed by atoms with E-state index >= 15 is 0 Å². The van der Waals surface area contributed by atoms with Gasteiger partial charge in [-0.05, 0) is 31.4 Å². The van der Waals surface area contributed by atoms with Gasteiger partial charge in [0.05, 0.1) is 11.4 Å². The summed E-state index contributed by atoms with van der Waals surface area (Å²) >= 11 is 0. The second-order valence-corrected chi connectivity index (χ2v) is 4.24. The molecule has 3 rings (SSSR count). The second-order valence-electron chi connectivity index (χ2n) is 4.24. The zero-order valence-electron chi connectivity index (χ0n) is 8.21. The number of carbonyl (C=O) groups is 1. The fourth-order valence-corrected chi connectivity index (χ4v) is 2.18. The Hall–Kier alpha value is -1.71. The molecule has 0 unspecified atom stereocenters. The average Bonchev–Trinajstić information content (AvgIpc) is 2.15. The van der Waals surface area contributed by atoms with Crippen LogP contribution < -0.4 is 10.6 Å². The molecule has 1 spiro atoms. The molecule has 0 aromatic heterocycles. The highest BCUT2D eigenvalue weighted by molar-refractivity contribution is 6.06. The molecule has 1 fully saturated rings. The van der Waals surface area contributed by atoms with Crippen LogP contribution >= 0.6 is 0 Å². The molecular weight excluding hydrogens is 192 g/mol. The Labute approximate surface area is 87.3 Å². The first kappa shape index (κ1) is 8.59. The number of carbonyl (C=O) groups excluding carboxylic acids is 1. The van der Waals surface area contributed by atoms with Crippen LogP contribution in [0.15, 0.2) is 18.2 Å². The molecule has 4 nitrogen and oxygen atoms in total. The molecule has 0 radical (unpaired) electrons. The predicted octanol–water partition coefficient (Wildman–Crippen LogP) is 1.68. The van der Waals surface area contributed by atoms with Crippen LogP contribution in [0.4, 0.5) is 11.4 Å². The van der Waals surface area contributed by atoms with Gasteiger partial charge in [0.15, 0.2) is 0 Å². The van der Waals surface area contributed by atoms with Gasteiger partial charge in [0.1, 0.15) is 11.3 Å². The Morgan fingerprint density at radius 3 is 2.73 bits per heavy atom. The number of anilines is 2. The summed E-state index contributed by atoms with van der Waals surface area (Å²) in [4.78, 5) is 11.8. The standard InChI is InChI=1S/C11H12N2O2/c14-7-2-3-8-9(6-7)13-11(4-1-5-11)10(15)12-8/h2-3,6,13-14H,1,4-5H2,(H,12,15). The molecule has 4 heteroatoms. The van der Waals surface area contributed by atoms with Gasteiger partial charge in [-0.3, -0.25) is 4.79 Å². The number of aromatic hydroxyl groups is 1. The highest BCUT2D eigenvalue weighted by Crippen LogP contribution is 2.42. The summed E-state index contributed by atoms with van der Waals surface area (Å²) in [6.45, 7) is 0. The highest BCUT2D eigenvalue weighted by atomic mass is 16.3. The Morgan fingerprint density at radius 2 is 2.07 bits per heavy atom. The van der Waals surface area contributed by atoms with Gasteiger partial charge in [0.25, 0.3) is 0 Å². The van der Waals surface area contributed by atoms with E-state index in [4.69, 9.17) is 0 Å². The summed E-state index contributed by atoms with van der Waals surface area (Å²) in [5.41, 5.74) is 1.14. The maximum absolute atomic E-state index is 11.8. The van der Waals surface area contributed by atoms with E-state index in [1.807, 2.05) is 0 Å². The van der Waals surface area contributed by atoms with Gasteiger partial charge in [-0.1, -0.05) is 0 Å². The van der Waals surface area contributed by atoms with E-state index in [2.05, 4.69) is 10.6 Å². The molecule has 1 aliphatic heterocycles. The molecule has 1 aromatic rings. The van der Waals surface area contributed by atoms with E-state index in [9.17, 15) is 9.90 Å². The first-order valence-corrected chi connectivity index (χ1v) is 5.12. The maximum Gasteiger partial charge on any atom is 0.250 e. The van der Waals surface area contributed by atoms with Crippen LogP contribution in [0.2, 0.25) is 0 Å². The van der Waals surface area contributed by atoms with Crippen molar-refractivity contribution < 1.29 is 9.90 Å². The molecule has 2 aliphatic rings. The zero-order chi connectivity index (χ0) is 10.5. The molecule has 0 bridgehead atoms. The number of rotatable bonds is 0. The highest BCUT2D eigenvalue weighted by Gasteiger charge is 2.46. The van der Waals surface area contributed by atoms with Crippen molar-refractivity contribution in [1.82, 2.24) is 0 Å². The number of hydrogen-bond donors (Lipinski definition) is 3. The first-order valence-electron chi connectivity index (χ1n) is 5.12. The van der Waals surface area contributed by atoms with Crippen molar-refractivity contribution in [3.8, 4) is 5.75 Å². The molecule has 1 amide bonds. The molecule has 78 valence electrons. The summed E-state index contributed by atoms with van der Waals surface area (Å²) in [5.74, 6) is 0.263. The molecule has 1 saturated carbocycles. The van der Waals surface area contributed by atoms with Gasteiger partial charge in [-0.2, -0.15) is 0 Å². The minimum Gasteiger partial charge on any atom is -0.508 e. The average molecular weight is 204 g/mol. The quantitative estimate of drug-likeness (QED) is 0.563. The van der Waals surface area contributed by atoms with Crippen LogP contribution in [0.25, 0.3) is 0 Å². The number of phenols is 1. The SMILES string of the molecule is O=C1Nc2ccc(O)cc2NC12CCC2. The fraction of sp³-hybridized carbons (Fsp3) is 0.364. The van der Waals surface area contributed by atoms with E-state index in [0.717, 1.165) is 30.6 Å². The van der Waals surface area contributed by atoms with Crippen molar-refractivity contribution >= 4 is 17.3 Å². The van der Waals surface area contributed by atoms with Crippen LogP contribution in [0, 0.1) is 0 Å². The number of fused-ring (bicyclic) bond motifs is 1. The van der Waals surface area contributed by atoms with E-state index in [1.165, 1.54) is 0 Å². The van der Waals surface area contributed by atoms with Crippen molar-refractivity contribution in [2.24, 2.45) is 0 Å². The van der Waals surface area contributed by atoms with Crippen molar-refractivity contribution in [1.29, 1.82) is 0 Å². The number of amides is 1. The third-order valence-electron chi connectivity index (χ3n) is 3.27. The molecule has 15 heavy (non-hydrogen) atoms. The molecule has 3 N–H and O–H groups in total. The second kappa shape index (κ2) is 2.66. The summed E-state index contributed by atoms with van der Waals surface area (Å²) in [6.07, 6.45) is 2.82. The first-order chi connectivity index (χ1) is 7.20. The Morgan fingerprint density at radius 1 is 1.27 bits per heavy atom. The van der Waals surface area contributed by atoms with Crippen molar-refractivity contribution in [3.63, 3.8) is 0 Å². The lowest BCUT2D eigenvalue weighted by molar-refractivity contribution is -0.123. The third-order valence-corrected chi connectivity index (χ3v) is 3.27. The van der Waals surface area contributed by atoms with Crippen LogP contribution in [0.3, 0.4) is 0 Å². The lowest BCUT2D eigenvalue weighted by Gasteiger charge is -2.44. The molecule has 0 atom stereocenters. The molecule has 0 saturated heterocycles. The van der Waals surface area contributed by atoms with Gasteiger partial charge in [0, 0.05) is 6.07 Å². The van der Waals surface area contributed by atoms with Crippen LogP contribution in [-0.4, -0.2) is 16.6 Å². The van der Waals surface area contributed by atoms with Crippen LogP contribution in [-0.2, 0) is 4.79 Å². The molecule has 1 aliphatic carbocycles. The van der Waals surface area contributed by atoms with Gasteiger partial charge in [-0.25, -0.2) is 0 Å². The fourth-order valence-electron chi connectivity index (χ4n) is 2.18. The van der Waals surface area contributed by atoms with E-state index < -0.39 is 5.54 Å². The van der Waals surface area contributed by atoms with Gasteiger partial charge in [0.2, 0.25) is 5.91 Å². The Balaban J connectivity index is 2.03. The van der Waals surface area contributed by atoms with Crippen molar-refractivity contribution in [3.05, 3.63) is 18.2 Å². The number of phenolic OH excluding ortho intramolecular Hbond substituents is 1. The molecular formula is C11H12N2O2. The van der Waals surface area contributed by atoms with Crippen molar-refractivity contribution in [2.45, 2.75) is 24.8 Å². The minimum atomic E-state index is -0.416. The van der Waals surface area contributed by atoms with E-state index in [0.29, 0.717) is 0 Å². The Kier molecular flexibility index (Phi) is 1.52. The topological polar surface area (TPSA) is 61.4 Å².